The van der Waals surface area contributed by atoms with Gasteiger partial charge < -0.3 is 10.2 Å². The van der Waals surface area contributed by atoms with Crippen LogP contribution in [0.3, 0.4) is 0 Å². The van der Waals surface area contributed by atoms with Crippen molar-refractivity contribution in [2.45, 2.75) is 11.8 Å². The number of nitrogens with one attached hydrogen (secondary N) is 1. The van der Waals surface area contributed by atoms with Gasteiger partial charge in [-0.2, -0.15) is 0 Å². The molecule has 2 heterocycles. The van der Waals surface area contributed by atoms with E-state index in [1.54, 1.807) is 24.3 Å². The van der Waals surface area contributed by atoms with Crippen LogP contribution in [0.1, 0.15) is 5.56 Å². The van der Waals surface area contributed by atoms with Crippen molar-refractivity contribution < 1.29 is 12.8 Å². The second kappa shape index (κ2) is 6.07. The maximum Gasteiger partial charge on any atom is 0.330 e. The molecule has 8 nitrogen and oxygen atoms in total. The number of nitrogen functional groups attached to an aromatic ring is 1. The zero-order valence-electron chi connectivity index (χ0n) is 13.5. The van der Waals surface area contributed by atoms with Crippen molar-refractivity contribution in [1.82, 2.24) is 15.2 Å². The van der Waals surface area contributed by atoms with Crippen LogP contribution in [0, 0.1) is 6.92 Å². The molecule has 0 radical (unpaired) electrons. The number of hydrogen-bond donors (Lipinski definition) is 2. The highest BCUT2D eigenvalue weighted by molar-refractivity contribution is 7.92. The Bertz CT molecular complexity index is 1200. The van der Waals surface area contributed by atoms with E-state index in [0.717, 1.165) is 15.8 Å². The maximum absolute atomic E-state index is 12.4. The average molecular weight is 387 g/mol. The van der Waals surface area contributed by atoms with E-state index >= 15 is 0 Å². The van der Waals surface area contributed by atoms with Crippen LogP contribution >= 0.6 is 11.3 Å². The van der Waals surface area contributed by atoms with Gasteiger partial charge in [-0.25, -0.2) is 18.1 Å². The fourth-order valence-electron chi connectivity index (χ4n) is 2.35. The molecule has 26 heavy (non-hydrogen) atoms. The van der Waals surface area contributed by atoms with Gasteiger partial charge in [0.05, 0.1) is 15.1 Å². The summed E-state index contributed by atoms with van der Waals surface area (Å²) in [7, 11) is -3.80. The van der Waals surface area contributed by atoms with E-state index in [0.29, 0.717) is 10.7 Å². The Balaban J connectivity index is 1.61. The lowest BCUT2D eigenvalue weighted by Crippen LogP contribution is -2.13. The van der Waals surface area contributed by atoms with Crippen molar-refractivity contribution in [1.29, 1.82) is 0 Å². The summed E-state index contributed by atoms with van der Waals surface area (Å²) >= 11 is 1.34. The number of aromatic nitrogens is 3. The molecule has 0 saturated carbocycles. The quantitative estimate of drug-likeness (QED) is 0.551. The monoisotopic (exact) mass is 387 g/mol. The first-order chi connectivity index (χ1) is 12.4. The van der Waals surface area contributed by atoms with Crippen LogP contribution in [-0.2, 0) is 10.0 Å². The first kappa shape index (κ1) is 16.5. The Morgan fingerprint density at radius 1 is 1.12 bits per heavy atom. The van der Waals surface area contributed by atoms with Crippen molar-refractivity contribution in [3.05, 3.63) is 48.0 Å². The van der Waals surface area contributed by atoms with Crippen molar-refractivity contribution in [3.63, 3.8) is 0 Å². The van der Waals surface area contributed by atoms with Gasteiger partial charge in [0.15, 0.2) is 5.13 Å². The highest BCUT2D eigenvalue weighted by Gasteiger charge is 2.18. The molecular formula is C16H13N5O3S2. The van der Waals surface area contributed by atoms with Crippen molar-refractivity contribution in [3.8, 4) is 11.5 Å². The maximum atomic E-state index is 12.4. The number of aryl methyl sites for hydroxylation is 1. The molecule has 0 atom stereocenters. The molecule has 0 bridgehead atoms. The van der Waals surface area contributed by atoms with Gasteiger partial charge in [0.2, 0.25) is 5.89 Å². The molecule has 0 aliphatic rings. The topological polar surface area (TPSA) is 124 Å². The van der Waals surface area contributed by atoms with Gasteiger partial charge in [0.1, 0.15) is 0 Å². The zero-order chi connectivity index (χ0) is 18.3. The summed E-state index contributed by atoms with van der Waals surface area (Å²) in [5, 5.41) is 8.13. The van der Waals surface area contributed by atoms with Gasteiger partial charge in [-0.05, 0) is 37.3 Å². The van der Waals surface area contributed by atoms with E-state index in [-0.39, 0.29) is 16.8 Å². The Hall–Kier alpha value is -2.98. The number of nitrogens with zero attached hydrogens (tertiary/aromatic N) is 3. The Kier molecular flexibility index (Phi) is 3.85. The number of fused-ring (bicyclic) bond motifs is 1. The minimum Gasteiger partial charge on any atom is -0.403 e. The Morgan fingerprint density at radius 3 is 2.65 bits per heavy atom. The zero-order valence-corrected chi connectivity index (χ0v) is 15.1. The standard InChI is InChI=1S/C16H13N5O3S2/c1-9-2-5-11(6-3-9)26(22,23)21-16-20-19-14(24-16)10-4-7-12-13(8-10)25-15(17)18-12/h2-8H,1H3,(H2,17,18)(H,20,21). The molecule has 3 N–H and O–H groups in total. The SMILES string of the molecule is Cc1ccc(S(=O)(=O)Nc2nnc(-c3ccc4nc(N)sc4c3)o2)cc1. The van der Waals surface area contributed by atoms with Crippen LogP contribution in [0.5, 0.6) is 0 Å². The third-order valence-corrected chi connectivity index (χ3v) is 5.81. The van der Waals surface area contributed by atoms with Crippen LogP contribution in [0.4, 0.5) is 11.1 Å². The number of nitrogens with two attached hydrogens (primary N) is 1. The summed E-state index contributed by atoms with van der Waals surface area (Å²) in [6.07, 6.45) is 0. The highest BCUT2D eigenvalue weighted by Crippen LogP contribution is 2.29. The van der Waals surface area contributed by atoms with E-state index in [1.165, 1.54) is 23.5 Å². The summed E-state index contributed by atoms with van der Waals surface area (Å²) in [4.78, 5) is 4.29. The molecule has 0 saturated heterocycles. The average Bonchev–Trinajstić information content (AvgIpc) is 3.19. The summed E-state index contributed by atoms with van der Waals surface area (Å²) in [6.45, 7) is 1.88. The molecule has 132 valence electrons. The molecule has 4 rings (SSSR count). The lowest BCUT2D eigenvalue weighted by atomic mass is 10.2. The smallest absolute Gasteiger partial charge is 0.330 e. The third-order valence-electron chi connectivity index (χ3n) is 3.63. The summed E-state index contributed by atoms with van der Waals surface area (Å²) in [5.41, 5.74) is 8.08. The predicted octanol–water partition coefficient (Wildman–Crippen LogP) is 3.04. The van der Waals surface area contributed by atoms with Crippen LogP contribution in [0.2, 0.25) is 0 Å². The number of hydrogen-bond acceptors (Lipinski definition) is 8. The van der Waals surface area contributed by atoms with Gasteiger partial charge in [-0.1, -0.05) is 34.1 Å². The molecule has 0 aliphatic carbocycles. The molecule has 0 amide bonds. The van der Waals surface area contributed by atoms with Gasteiger partial charge in [-0.15, -0.1) is 5.10 Å². The number of rotatable bonds is 4. The van der Waals surface area contributed by atoms with Crippen molar-refractivity contribution in [2.75, 3.05) is 10.5 Å². The van der Waals surface area contributed by atoms with Crippen molar-refractivity contribution >= 4 is 42.7 Å². The largest absolute Gasteiger partial charge is 0.403 e. The van der Waals surface area contributed by atoms with Crippen LogP contribution < -0.4 is 10.5 Å². The first-order valence-corrected chi connectivity index (χ1v) is 9.80. The van der Waals surface area contributed by atoms with E-state index in [4.69, 9.17) is 10.2 Å². The van der Waals surface area contributed by atoms with Gasteiger partial charge in [0.25, 0.3) is 10.0 Å². The second-order valence-corrected chi connectivity index (χ2v) is 8.31. The molecule has 0 fully saturated rings. The Morgan fingerprint density at radius 2 is 1.88 bits per heavy atom. The number of anilines is 2. The van der Waals surface area contributed by atoms with E-state index in [1.807, 2.05) is 13.0 Å². The highest BCUT2D eigenvalue weighted by atomic mass is 32.2. The number of sulfonamides is 1. The summed E-state index contributed by atoms with van der Waals surface area (Å²) in [6, 6.07) is 11.6. The molecule has 4 aromatic rings. The van der Waals surface area contributed by atoms with Crippen LogP contribution in [-0.4, -0.2) is 23.6 Å². The normalized spacial score (nSPS) is 11.7. The lowest BCUT2D eigenvalue weighted by molar-refractivity contribution is 0.577. The number of benzene rings is 2. The van der Waals surface area contributed by atoms with Gasteiger partial charge in [0, 0.05) is 5.56 Å². The molecule has 2 aromatic carbocycles. The molecule has 0 aliphatic heterocycles. The van der Waals surface area contributed by atoms with Crippen molar-refractivity contribution in [2.24, 2.45) is 0 Å². The second-order valence-electron chi connectivity index (χ2n) is 5.57. The van der Waals surface area contributed by atoms with Gasteiger partial charge in [-0.3, -0.25) is 0 Å². The minimum atomic E-state index is -3.80. The molecule has 0 unspecified atom stereocenters. The minimum absolute atomic E-state index is 0.115. The van der Waals surface area contributed by atoms with Gasteiger partial charge >= 0.3 is 6.01 Å². The lowest BCUT2D eigenvalue weighted by Gasteiger charge is -2.04. The predicted molar refractivity (Wildman–Crippen MR) is 99.3 cm³/mol. The Labute approximate surface area is 152 Å². The van der Waals surface area contributed by atoms with Crippen LogP contribution in [0.25, 0.3) is 21.7 Å². The third kappa shape index (κ3) is 3.11. The number of thiazole rings is 1. The summed E-state index contributed by atoms with van der Waals surface area (Å²) < 4.78 is 33.4. The fraction of sp³-hybridized carbons (Fsp3) is 0.0625. The van der Waals surface area contributed by atoms with Crippen LogP contribution in [0.15, 0.2) is 51.8 Å². The summed E-state index contributed by atoms with van der Waals surface area (Å²) in [5.74, 6) is 0.195. The van der Waals surface area contributed by atoms with E-state index < -0.39 is 10.0 Å². The first-order valence-electron chi connectivity index (χ1n) is 7.50. The van der Waals surface area contributed by atoms with E-state index in [9.17, 15) is 8.42 Å². The molecular weight excluding hydrogens is 374 g/mol. The van der Waals surface area contributed by atoms with E-state index in [2.05, 4.69) is 19.9 Å². The molecule has 2 aromatic heterocycles. The molecule has 10 heteroatoms. The molecule has 0 spiro atoms. The fourth-order valence-corrected chi connectivity index (χ4v) is 4.05.